The van der Waals surface area contributed by atoms with E-state index in [0.29, 0.717) is 30.6 Å². The molecule has 28 heavy (non-hydrogen) atoms. The summed E-state index contributed by atoms with van der Waals surface area (Å²) in [6.45, 7) is 4.32. The molecule has 1 amide bonds. The second kappa shape index (κ2) is 6.79. The van der Waals surface area contributed by atoms with Gasteiger partial charge in [0.2, 0.25) is 0 Å². The molecule has 4 heterocycles. The van der Waals surface area contributed by atoms with Crippen LogP contribution < -0.4 is 10.1 Å². The first-order chi connectivity index (χ1) is 13.6. The quantitative estimate of drug-likeness (QED) is 0.698. The van der Waals surface area contributed by atoms with Crippen LogP contribution in [0.15, 0.2) is 36.7 Å². The van der Waals surface area contributed by atoms with Crippen molar-refractivity contribution in [2.24, 2.45) is 0 Å². The summed E-state index contributed by atoms with van der Waals surface area (Å²) in [7, 11) is 0. The Labute approximate surface area is 167 Å². The first-order valence-corrected chi connectivity index (χ1v) is 9.91. The van der Waals surface area contributed by atoms with E-state index in [-0.39, 0.29) is 5.91 Å². The van der Waals surface area contributed by atoms with Crippen LogP contribution in [0.5, 0.6) is 5.75 Å². The Morgan fingerprint density at radius 2 is 2.21 bits per heavy atom. The van der Waals surface area contributed by atoms with E-state index in [9.17, 15) is 4.79 Å². The van der Waals surface area contributed by atoms with Gasteiger partial charge in [-0.2, -0.15) is 0 Å². The fourth-order valence-electron chi connectivity index (χ4n) is 4.19. The van der Waals surface area contributed by atoms with Crippen LogP contribution in [0.1, 0.15) is 12.5 Å². The number of aromatic amines is 1. The van der Waals surface area contributed by atoms with E-state index in [2.05, 4.69) is 22.2 Å². The Kier molecular flexibility index (Phi) is 4.25. The monoisotopic (exact) mass is 396 g/mol. The van der Waals surface area contributed by atoms with Crippen molar-refractivity contribution in [3.63, 3.8) is 0 Å². The highest BCUT2D eigenvalue weighted by atomic mass is 35.5. The van der Waals surface area contributed by atoms with Gasteiger partial charge < -0.3 is 19.9 Å². The smallest absolute Gasteiger partial charge is 0.264 e. The number of rotatable bonds is 2. The van der Waals surface area contributed by atoms with Crippen LogP contribution in [0.25, 0.3) is 22.2 Å². The molecule has 0 saturated carbocycles. The maximum atomic E-state index is 13.0. The first kappa shape index (κ1) is 17.5. The lowest BCUT2D eigenvalue weighted by Gasteiger charge is -2.33. The highest BCUT2D eigenvalue weighted by molar-refractivity contribution is 6.31. The normalized spacial score (nSPS) is 21.6. The Bertz CT molecular complexity index is 1060. The van der Waals surface area contributed by atoms with Crippen molar-refractivity contribution in [1.82, 2.24) is 20.2 Å². The number of piperazine rings is 1. The second-order valence-corrected chi connectivity index (χ2v) is 7.93. The van der Waals surface area contributed by atoms with Crippen LogP contribution in [-0.2, 0) is 11.2 Å². The number of carbonyl (C=O) groups is 1. The number of hydrogen-bond acceptors (Lipinski definition) is 4. The molecular formula is C21H21ClN4O2. The number of nitrogens with one attached hydrogen (secondary N) is 2. The van der Waals surface area contributed by atoms with Crippen LogP contribution in [0, 0.1) is 0 Å². The Hall–Kier alpha value is -2.57. The third kappa shape index (κ3) is 2.93. The molecule has 0 aliphatic carbocycles. The maximum absolute atomic E-state index is 13.0. The number of benzene rings is 1. The molecule has 2 aromatic heterocycles. The van der Waals surface area contributed by atoms with Gasteiger partial charge in [0.25, 0.3) is 5.91 Å². The van der Waals surface area contributed by atoms with Gasteiger partial charge in [0.1, 0.15) is 11.4 Å². The van der Waals surface area contributed by atoms with Crippen LogP contribution in [-0.4, -0.2) is 52.6 Å². The number of hydrogen-bond donors (Lipinski definition) is 2. The van der Waals surface area contributed by atoms with Crippen LogP contribution in [0.3, 0.4) is 0 Å². The van der Waals surface area contributed by atoms with Crippen molar-refractivity contribution >= 4 is 28.5 Å². The summed E-state index contributed by atoms with van der Waals surface area (Å²) in [5.74, 6) is 0.799. The van der Waals surface area contributed by atoms with Gasteiger partial charge in [-0.25, -0.2) is 4.98 Å². The minimum absolute atomic E-state index is 0.0492. The summed E-state index contributed by atoms with van der Waals surface area (Å²) in [5.41, 5.74) is 3.68. The molecule has 0 spiro atoms. The third-order valence-corrected chi connectivity index (χ3v) is 5.72. The van der Waals surface area contributed by atoms with E-state index in [1.165, 1.54) is 0 Å². The number of H-pyrrole nitrogens is 1. The Morgan fingerprint density at radius 1 is 1.32 bits per heavy atom. The number of fused-ring (bicyclic) bond motifs is 2. The lowest BCUT2D eigenvalue weighted by atomic mass is 9.99. The molecule has 6 nitrogen and oxygen atoms in total. The number of nitrogens with zero attached hydrogens (tertiary/aromatic N) is 2. The Morgan fingerprint density at radius 3 is 3.07 bits per heavy atom. The fraction of sp³-hybridized carbons (Fsp3) is 0.333. The first-order valence-electron chi connectivity index (χ1n) is 9.54. The number of amides is 1. The highest BCUT2D eigenvalue weighted by Crippen LogP contribution is 2.43. The van der Waals surface area contributed by atoms with E-state index in [1.807, 2.05) is 35.4 Å². The summed E-state index contributed by atoms with van der Waals surface area (Å²) >= 11 is 6.42. The molecule has 1 saturated heterocycles. The topological polar surface area (TPSA) is 70.2 Å². The van der Waals surface area contributed by atoms with Crippen molar-refractivity contribution in [2.45, 2.75) is 25.5 Å². The molecule has 2 aliphatic rings. The van der Waals surface area contributed by atoms with E-state index in [0.717, 1.165) is 40.0 Å². The molecular weight excluding hydrogens is 376 g/mol. The SMILES string of the molecule is CC1CN(C(=O)C2Cc3cc(Cl)cc(-c4ccnc5[nH]ccc45)c3O2)CCN1. The van der Waals surface area contributed by atoms with Gasteiger partial charge in [0.15, 0.2) is 6.10 Å². The van der Waals surface area contributed by atoms with Crippen molar-refractivity contribution in [2.75, 3.05) is 19.6 Å². The average molecular weight is 397 g/mol. The van der Waals surface area contributed by atoms with Gasteiger partial charge in [-0.1, -0.05) is 11.6 Å². The standard InChI is InChI=1S/C21H21ClN4O2/c1-12-11-26(7-6-23-12)21(27)18-9-13-8-14(22)10-17(19(13)28-18)15-2-4-24-20-16(15)3-5-25-20/h2-5,8,10,12,18,23H,6-7,9,11H2,1H3,(H,24,25). The van der Waals surface area contributed by atoms with Crippen LogP contribution >= 0.6 is 11.6 Å². The van der Waals surface area contributed by atoms with Crippen molar-refractivity contribution in [1.29, 1.82) is 0 Å². The van der Waals surface area contributed by atoms with Gasteiger partial charge in [-0.15, -0.1) is 0 Å². The summed E-state index contributed by atoms with van der Waals surface area (Å²) in [4.78, 5) is 22.4. The van der Waals surface area contributed by atoms with Gasteiger partial charge in [0, 0.05) is 66.0 Å². The number of ether oxygens (including phenoxy) is 1. The molecule has 1 fully saturated rings. The van der Waals surface area contributed by atoms with Crippen molar-refractivity contribution in [3.05, 3.63) is 47.2 Å². The zero-order chi connectivity index (χ0) is 19.3. The summed E-state index contributed by atoms with van der Waals surface area (Å²) < 4.78 is 6.22. The average Bonchev–Trinajstić information content (AvgIpc) is 3.33. The zero-order valence-electron chi connectivity index (χ0n) is 15.5. The van der Waals surface area contributed by atoms with Crippen LogP contribution in [0.2, 0.25) is 5.02 Å². The molecule has 5 rings (SSSR count). The second-order valence-electron chi connectivity index (χ2n) is 7.49. The van der Waals surface area contributed by atoms with Gasteiger partial charge in [-0.05, 0) is 36.8 Å². The molecule has 2 N–H and O–H groups in total. The van der Waals surface area contributed by atoms with E-state index in [4.69, 9.17) is 16.3 Å². The molecule has 2 unspecified atom stereocenters. The maximum Gasteiger partial charge on any atom is 0.264 e. The summed E-state index contributed by atoms with van der Waals surface area (Å²) in [5, 5.41) is 5.01. The van der Waals surface area contributed by atoms with Gasteiger partial charge >= 0.3 is 0 Å². The predicted molar refractivity (Wildman–Crippen MR) is 109 cm³/mol. The predicted octanol–water partition coefficient (Wildman–Crippen LogP) is 3.01. The molecule has 144 valence electrons. The molecule has 7 heteroatoms. The third-order valence-electron chi connectivity index (χ3n) is 5.50. The number of carbonyl (C=O) groups excluding carboxylic acids is 1. The largest absolute Gasteiger partial charge is 0.479 e. The Balaban J connectivity index is 1.50. The number of aromatic nitrogens is 2. The minimum Gasteiger partial charge on any atom is -0.479 e. The summed E-state index contributed by atoms with van der Waals surface area (Å²) in [6, 6.07) is 8.06. The summed E-state index contributed by atoms with van der Waals surface area (Å²) in [6.07, 6.45) is 3.67. The van der Waals surface area contributed by atoms with Crippen LogP contribution in [0.4, 0.5) is 0 Å². The van der Waals surface area contributed by atoms with Gasteiger partial charge in [0.05, 0.1) is 0 Å². The fourth-order valence-corrected chi connectivity index (χ4v) is 4.44. The molecule has 0 bridgehead atoms. The van der Waals surface area contributed by atoms with Crippen molar-refractivity contribution < 1.29 is 9.53 Å². The lowest BCUT2D eigenvalue weighted by Crippen LogP contribution is -2.54. The molecule has 1 aromatic carbocycles. The number of pyridine rings is 1. The highest BCUT2D eigenvalue weighted by Gasteiger charge is 2.35. The molecule has 3 aromatic rings. The molecule has 2 atom stereocenters. The lowest BCUT2D eigenvalue weighted by molar-refractivity contribution is -0.139. The van der Waals surface area contributed by atoms with E-state index in [1.54, 1.807) is 6.20 Å². The van der Waals surface area contributed by atoms with E-state index < -0.39 is 6.10 Å². The van der Waals surface area contributed by atoms with Crippen molar-refractivity contribution in [3.8, 4) is 16.9 Å². The van der Waals surface area contributed by atoms with Gasteiger partial charge in [-0.3, -0.25) is 4.79 Å². The number of halogens is 1. The minimum atomic E-state index is -0.499. The molecule has 2 aliphatic heterocycles. The zero-order valence-corrected chi connectivity index (χ0v) is 16.3. The molecule has 0 radical (unpaired) electrons. The van der Waals surface area contributed by atoms with E-state index >= 15 is 0 Å².